The molecule has 6 heteroatoms. The summed E-state index contributed by atoms with van der Waals surface area (Å²) >= 11 is 0. The minimum Gasteiger partial charge on any atom is -0.399 e. The van der Waals surface area contributed by atoms with E-state index in [-0.39, 0.29) is 30.7 Å². The molecular weight excluding hydrogens is 321 g/mol. The second kappa shape index (κ2) is 10.7. The van der Waals surface area contributed by atoms with Crippen LogP contribution in [0.1, 0.15) is 24.8 Å². The van der Waals surface area contributed by atoms with Crippen molar-refractivity contribution in [1.82, 2.24) is 10.2 Å². The Bertz CT molecular complexity index is 449. The summed E-state index contributed by atoms with van der Waals surface area (Å²) in [6.45, 7) is 3.10. The first-order chi connectivity index (χ1) is 9.65. The Morgan fingerprint density at radius 2 is 1.91 bits per heavy atom. The number of hydrogen-bond donors (Lipinski definition) is 2. The van der Waals surface area contributed by atoms with Crippen molar-refractivity contribution in [2.24, 2.45) is 5.92 Å². The maximum absolute atomic E-state index is 11.9. The molecule has 0 unspecified atom stereocenters. The van der Waals surface area contributed by atoms with Crippen molar-refractivity contribution in [3.8, 4) is 0 Å². The minimum absolute atomic E-state index is 0. The average Bonchev–Trinajstić information content (AvgIpc) is 2.46. The molecule has 0 saturated carbocycles. The number of nitrogens with two attached hydrogens (primary N) is 1. The van der Waals surface area contributed by atoms with Crippen molar-refractivity contribution in [2.75, 3.05) is 32.4 Å². The van der Waals surface area contributed by atoms with E-state index in [0.717, 1.165) is 30.9 Å². The molecule has 22 heavy (non-hydrogen) atoms. The maximum Gasteiger partial charge on any atom is 0.220 e. The second-order valence-electron chi connectivity index (χ2n) is 5.75. The SMILES string of the molecule is CN1CCC(CNC(=O)CCc2ccccc2N)CC1.Cl.Cl. The van der Waals surface area contributed by atoms with Crippen LogP contribution in [0.2, 0.25) is 0 Å². The summed E-state index contributed by atoms with van der Waals surface area (Å²) in [5.74, 6) is 0.768. The summed E-state index contributed by atoms with van der Waals surface area (Å²) in [4.78, 5) is 14.2. The van der Waals surface area contributed by atoms with Gasteiger partial charge in [0, 0.05) is 18.7 Å². The second-order valence-corrected chi connectivity index (χ2v) is 5.75. The van der Waals surface area contributed by atoms with Gasteiger partial charge in [-0.15, -0.1) is 24.8 Å². The van der Waals surface area contributed by atoms with E-state index in [1.54, 1.807) is 0 Å². The molecule has 1 aliphatic heterocycles. The molecule has 3 N–H and O–H groups in total. The molecular formula is C16H27Cl2N3O. The van der Waals surface area contributed by atoms with Crippen LogP contribution in [0.25, 0.3) is 0 Å². The van der Waals surface area contributed by atoms with E-state index in [1.807, 2.05) is 24.3 Å². The number of benzene rings is 1. The molecule has 1 aromatic rings. The van der Waals surface area contributed by atoms with Crippen LogP contribution in [0.3, 0.4) is 0 Å². The Balaban J connectivity index is 0.00000220. The van der Waals surface area contributed by atoms with Crippen molar-refractivity contribution in [2.45, 2.75) is 25.7 Å². The molecule has 0 radical (unpaired) electrons. The molecule has 126 valence electrons. The van der Waals surface area contributed by atoms with Crippen molar-refractivity contribution >= 4 is 36.4 Å². The summed E-state index contributed by atoms with van der Waals surface area (Å²) in [6.07, 6.45) is 3.59. The summed E-state index contributed by atoms with van der Waals surface area (Å²) in [7, 11) is 2.15. The van der Waals surface area contributed by atoms with Crippen LogP contribution in [0.4, 0.5) is 5.69 Å². The van der Waals surface area contributed by atoms with Crippen molar-refractivity contribution in [3.05, 3.63) is 29.8 Å². The Hall–Kier alpha value is -0.970. The lowest BCUT2D eigenvalue weighted by atomic mass is 9.97. The number of aryl methyl sites for hydroxylation is 1. The Morgan fingerprint density at radius 3 is 2.55 bits per heavy atom. The third-order valence-electron chi connectivity index (χ3n) is 4.10. The fraction of sp³-hybridized carbons (Fsp3) is 0.562. The predicted molar refractivity (Wildman–Crippen MR) is 96.9 cm³/mol. The number of rotatable bonds is 5. The zero-order valence-corrected chi connectivity index (χ0v) is 14.7. The monoisotopic (exact) mass is 347 g/mol. The third kappa shape index (κ3) is 6.86. The van der Waals surface area contributed by atoms with Gasteiger partial charge in [-0.2, -0.15) is 0 Å². The highest BCUT2D eigenvalue weighted by atomic mass is 35.5. The van der Waals surface area contributed by atoms with Gasteiger partial charge in [0.15, 0.2) is 0 Å². The first-order valence-electron chi connectivity index (χ1n) is 7.44. The van der Waals surface area contributed by atoms with Crippen LogP contribution in [0.15, 0.2) is 24.3 Å². The fourth-order valence-electron chi connectivity index (χ4n) is 2.62. The Labute approximate surface area is 145 Å². The molecule has 0 aromatic heterocycles. The maximum atomic E-state index is 11.9. The van der Waals surface area contributed by atoms with E-state index in [1.165, 1.54) is 12.8 Å². The number of amides is 1. The van der Waals surface area contributed by atoms with E-state index in [0.29, 0.717) is 18.8 Å². The van der Waals surface area contributed by atoms with Crippen molar-refractivity contribution < 1.29 is 4.79 Å². The molecule has 0 bridgehead atoms. The first kappa shape index (κ1) is 21.0. The van der Waals surface area contributed by atoms with Gasteiger partial charge in [-0.25, -0.2) is 0 Å². The van der Waals surface area contributed by atoms with Gasteiger partial charge in [0.1, 0.15) is 0 Å². The molecule has 0 spiro atoms. The molecule has 1 saturated heterocycles. The molecule has 0 aliphatic carbocycles. The quantitative estimate of drug-likeness (QED) is 0.804. The summed E-state index contributed by atoms with van der Waals surface area (Å²) in [5.41, 5.74) is 7.71. The van der Waals surface area contributed by atoms with E-state index < -0.39 is 0 Å². The third-order valence-corrected chi connectivity index (χ3v) is 4.10. The van der Waals surface area contributed by atoms with Gasteiger partial charge in [-0.05, 0) is 56.9 Å². The first-order valence-corrected chi connectivity index (χ1v) is 7.44. The molecule has 1 fully saturated rings. The highest BCUT2D eigenvalue weighted by molar-refractivity contribution is 5.85. The van der Waals surface area contributed by atoms with Crippen LogP contribution in [0, 0.1) is 5.92 Å². The number of nitrogen functional groups attached to an aromatic ring is 1. The molecule has 1 aliphatic rings. The molecule has 1 amide bonds. The standard InChI is InChI=1S/C16H25N3O.2ClH/c1-19-10-8-13(9-11-19)12-18-16(20)7-6-14-4-2-3-5-15(14)17;;/h2-5,13H,6-12,17H2,1H3,(H,18,20);2*1H. The number of nitrogens with zero attached hydrogens (tertiary/aromatic N) is 1. The van der Waals surface area contributed by atoms with Gasteiger partial charge >= 0.3 is 0 Å². The number of nitrogens with one attached hydrogen (secondary N) is 1. The molecule has 1 aromatic carbocycles. The lowest BCUT2D eigenvalue weighted by Gasteiger charge is -2.28. The number of piperidine rings is 1. The Kier molecular flexibility index (Phi) is 10.2. The van der Waals surface area contributed by atoms with Gasteiger partial charge < -0.3 is 16.0 Å². The van der Waals surface area contributed by atoms with E-state index >= 15 is 0 Å². The number of para-hydroxylation sites is 1. The smallest absolute Gasteiger partial charge is 0.220 e. The van der Waals surface area contributed by atoms with E-state index in [9.17, 15) is 4.79 Å². The largest absolute Gasteiger partial charge is 0.399 e. The Morgan fingerprint density at radius 1 is 1.27 bits per heavy atom. The predicted octanol–water partition coefficient (Wildman–Crippen LogP) is 2.50. The zero-order valence-electron chi connectivity index (χ0n) is 13.1. The highest BCUT2D eigenvalue weighted by Crippen LogP contribution is 2.15. The van der Waals surface area contributed by atoms with Crippen LogP contribution < -0.4 is 11.1 Å². The van der Waals surface area contributed by atoms with E-state index in [4.69, 9.17) is 5.73 Å². The lowest BCUT2D eigenvalue weighted by Crippen LogP contribution is -2.36. The average molecular weight is 348 g/mol. The number of carbonyl (C=O) groups excluding carboxylic acids is 1. The molecule has 1 heterocycles. The van der Waals surface area contributed by atoms with Gasteiger partial charge in [0.25, 0.3) is 0 Å². The van der Waals surface area contributed by atoms with E-state index in [2.05, 4.69) is 17.3 Å². The summed E-state index contributed by atoms with van der Waals surface area (Å²) < 4.78 is 0. The molecule has 2 rings (SSSR count). The number of likely N-dealkylation sites (tertiary alicyclic amines) is 1. The van der Waals surface area contributed by atoms with Crippen LogP contribution in [-0.2, 0) is 11.2 Å². The number of hydrogen-bond acceptors (Lipinski definition) is 3. The summed E-state index contributed by atoms with van der Waals surface area (Å²) in [5, 5.41) is 3.06. The number of halogens is 2. The topological polar surface area (TPSA) is 58.4 Å². The lowest BCUT2D eigenvalue weighted by molar-refractivity contribution is -0.121. The fourth-order valence-corrected chi connectivity index (χ4v) is 2.62. The minimum atomic E-state index is 0. The van der Waals surface area contributed by atoms with Crippen LogP contribution in [-0.4, -0.2) is 37.5 Å². The van der Waals surface area contributed by atoms with Crippen molar-refractivity contribution in [3.63, 3.8) is 0 Å². The highest BCUT2D eigenvalue weighted by Gasteiger charge is 2.17. The van der Waals surface area contributed by atoms with Gasteiger partial charge in [-0.3, -0.25) is 4.79 Å². The van der Waals surface area contributed by atoms with Gasteiger partial charge in [-0.1, -0.05) is 18.2 Å². The molecule has 0 atom stereocenters. The van der Waals surface area contributed by atoms with Crippen molar-refractivity contribution in [1.29, 1.82) is 0 Å². The summed E-state index contributed by atoms with van der Waals surface area (Å²) in [6, 6.07) is 7.74. The van der Waals surface area contributed by atoms with Crippen LogP contribution in [0.5, 0.6) is 0 Å². The zero-order chi connectivity index (χ0) is 14.4. The van der Waals surface area contributed by atoms with Gasteiger partial charge in [0.2, 0.25) is 5.91 Å². The number of anilines is 1. The normalized spacial score (nSPS) is 15.5. The van der Waals surface area contributed by atoms with Crippen LogP contribution >= 0.6 is 24.8 Å². The molecule has 4 nitrogen and oxygen atoms in total. The van der Waals surface area contributed by atoms with Gasteiger partial charge in [0.05, 0.1) is 0 Å². The number of carbonyl (C=O) groups is 1.